The zero-order chi connectivity index (χ0) is 21.0. The number of amides is 1. The highest BCUT2D eigenvalue weighted by Crippen LogP contribution is 2.27. The molecule has 3 rings (SSSR count). The molecule has 2 aromatic carbocycles. The molecule has 0 atom stereocenters. The maximum atomic E-state index is 12.9. The van der Waals surface area contributed by atoms with Gasteiger partial charge in [0.1, 0.15) is 11.5 Å². The summed E-state index contributed by atoms with van der Waals surface area (Å²) in [6, 6.07) is 10.8. The molecule has 0 aromatic heterocycles. The van der Waals surface area contributed by atoms with Crippen molar-refractivity contribution in [3.05, 3.63) is 53.1 Å². The number of nitrogens with zero attached hydrogens (tertiary/aromatic N) is 1. The molecule has 0 aliphatic carbocycles. The molecule has 7 nitrogen and oxygen atoms in total. The molecule has 1 amide bonds. The van der Waals surface area contributed by atoms with Crippen LogP contribution in [-0.2, 0) is 10.0 Å². The number of ether oxygens (including phenoxy) is 2. The topological polar surface area (TPSA) is 84.9 Å². The molecular formula is C20H23ClN2O5S. The van der Waals surface area contributed by atoms with Crippen LogP contribution in [0.25, 0.3) is 0 Å². The molecule has 1 N–H and O–H groups in total. The van der Waals surface area contributed by atoms with Gasteiger partial charge in [0.25, 0.3) is 5.91 Å². The van der Waals surface area contributed by atoms with Crippen molar-refractivity contribution in [2.75, 3.05) is 27.3 Å². The lowest BCUT2D eigenvalue weighted by Gasteiger charge is -2.32. The maximum absolute atomic E-state index is 12.9. The van der Waals surface area contributed by atoms with Crippen LogP contribution in [0.5, 0.6) is 11.5 Å². The van der Waals surface area contributed by atoms with Gasteiger partial charge in [0, 0.05) is 30.2 Å². The van der Waals surface area contributed by atoms with Crippen LogP contribution in [0.1, 0.15) is 23.2 Å². The summed E-state index contributed by atoms with van der Waals surface area (Å²) in [5.74, 6) is 0.900. The number of rotatable bonds is 6. The van der Waals surface area contributed by atoms with Crippen LogP contribution in [0.2, 0.25) is 5.02 Å². The summed E-state index contributed by atoms with van der Waals surface area (Å²) in [4.78, 5) is 14.8. The summed E-state index contributed by atoms with van der Waals surface area (Å²) in [7, 11) is -0.580. The van der Waals surface area contributed by atoms with Crippen LogP contribution >= 0.6 is 11.6 Å². The fourth-order valence-corrected chi connectivity index (χ4v) is 4.68. The number of sulfonamides is 1. The second-order valence-corrected chi connectivity index (χ2v) is 8.86. The molecule has 0 saturated carbocycles. The fraction of sp³-hybridized carbons (Fsp3) is 0.350. The number of hydrogen-bond acceptors (Lipinski definition) is 5. The Balaban J connectivity index is 1.63. The number of carbonyl (C=O) groups excluding carboxylic acids is 1. The standard InChI is InChI=1S/C20H23ClN2O5S/c1-27-16-5-8-18(19(13-16)28-2)20(24)23-11-9-15(10-12-23)22-29(25,26)17-6-3-14(21)4-7-17/h3-8,13,15,22H,9-12H2,1-2H3. The van der Waals surface area contributed by atoms with E-state index in [9.17, 15) is 13.2 Å². The molecule has 0 radical (unpaired) electrons. The van der Waals surface area contributed by atoms with E-state index in [1.807, 2.05) is 0 Å². The first-order valence-corrected chi connectivity index (χ1v) is 11.0. The average Bonchev–Trinajstić information content (AvgIpc) is 2.73. The number of halogens is 1. The first-order valence-electron chi connectivity index (χ1n) is 9.13. The van der Waals surface area contributed by atoms with Crippen molar-refractivity contribution in [2.45, 2.75) is 23.8 Å². The lowest BCUT2D eigenvalue weighted by molar-refractivity contribution is 0.0708. The second kappa shape index (κ2) is 9.02. The average molecular weight is 439 g/mol. The summed E-state index contributed by atoms with van der Waals surface area (Å²) < 4.78 is 38.3. The Bertz CT molecular complexity index is 971. The Morgan fingerprint density at radius 3 is 2.31 bits per heavy atom. The van der Waals surface area contributed by atoms with E-state index in [2.05, 4.69) is 4.72 Å². The van der Waals surface area contributed by atoms with Crippen LogP contribution in [0, 0.1) is 0 Å². The van der Waals surface area contributed by atoms with Gasteiger partial charge in [-0.2, -0.15) is 0 Å². The van der Waals surface area contributed by atoms with E-state index in [0.717, 1.165) is 0 Å². The largest absolute Gasteiger partial charge is 0.497 e. The molecule has 1 saturated heterocycles. The Labute approximate surface area is 175 Å². The van der Waals surface area contributed by atoms with Crippen molar-refractivity contribution in [3.63, 3.8) is 0 Å². The molecule has 156 valence electrons. The number of piperidine rings is 1. The molecule has 9 heteroatoms. The van der Waals surface area contributed by atoms with Gasteiger partial charge in [-0.15, -0.1) is 0 Å². The number of carbonyl (C=O) groups is 1. The molecule has 2 aromatic rings. The zero-order valence-corrected chi connectivity index (χ0v) is 17.8. The molecule has 29 heavy (non-hydrogen) atoms. The van der Waals surface area contributed by atoms with Crippen LogP contribution in [0.4, 0.5) is 0 Å². The van der Waals surface area contributed by atoms with Gasteiger partial charge in [0.15, 0.2) is 0 Å². The number of methoxy groups -OCH3 is 2. The summed E-state index contributed by atoms with van der Waals surface area (Å²) >= 11 is 5.82. The minimum Gasteiger partial charge on any atom is -0.497 e. The van der Waals surface area contributed by atoms with Crippen molar-refractivity contribution in [2.24, 2.45) is 0 Å². The third-order valence-electron chi connectivity index (χ3n) is 4.87. The Morgan fingerprint density at radius 2 is 1.72 bits per heavy atom. The minimum absolute atomic E-state index is 0.150. The van der Waals surface area contributed by atoms with E-state index in [1.165, 1.54) is 19.2 Å². The molecule has 1 fully saturated rings. The molecule has 0 bridgehead atoms. The van der Waals surface area contributed by atoms with Gasteiger partial charge in [-0.05, 0) is 49.2 Å². The van der Waals surface area contributed by atoms with Crippen LogP contribution in [-0.4, -0.2) is 52.6 Å². The van der Waals surface area contributed by atoms with E-state index in [0.29, 0.717) is 48.0 Å². The molecule has 1 heterocycles. The molecule has 0 spiro atoms. The Morgan fingerprint density at radius 1 is 1.07 bits per heavy atom. The zero-order valence-electron chi connectivity index (χ0n) is 16.2. The van der Waals surface area contributed by atoms with Crippen LogP contribution in [0.15, 0.2) is 47.4 Å². The van der Waals surface area contributed by atoms with Gasteiger partial charge in [-0.3, -0.25) is 4.79 Å². The molecule has 0 unspecified atom stereocenters. The van der Waals surface area contributed by atoms with E-state index in [-0.39, 0.29) is 16.8 Å². The second-order valence-electron chi connectivity index (χ2n) is 6.71. The van der Waals surface area contributed by atoms with Crippen LogP contribution in [0.3, 0.4) is 0 Å². The molecule has 1 aliphatic heterocycles. The van der Waals surface area contributed by atoms with Crippen molar-refractivity contribution in [1.29, 1.82) is 0 Å². The van der Waals surface area contributed by atoms with Gasteiger partial charge < -0.3 is 14.4 Å². The highest BCUT2D eigenvalue weighted by atomic mass is 35.5. The van der Waals surface area contributed by atoms with Crippen molar-refractivity contribution < 1.29 is 22.7 Å². The fourth-order valence-electron chi connectivity index (χ4n) is 3.25. The van der Waals surface area contributed by atoms with Gasteiger partial charge in [-0.25, -0.2) is 13.1 Å². The summed E-state index contributed by atoms with van der Waals surface area (Å²) in [6.45, 7) is 0.893. The van der Waals surface area contributed by atoms with Gasteiger partial charge in [0.05, 0.1) is 24.7 Å². The first-order chi connectivity index (χ1) is 13.8. The highest BCUT2D eigenvalue weighted by molar-refractivity contribution is 7.89. The monoisotopic (exact) mass is 438 g/mol. The van der Waals surface area contributed by atoms with Crippen LogP contribution < -0.4 is 14.2 Å². The Hall–Kier alpha value is -2.29. The summed E-state index contributed by atoms with van der Waals surface area (Å²) in [5, 5.41) is 0.477. The predicted molar refractivity (Wildman–Crippen MR) is 110 cm³/mol. The van der Waals surface area contributed by atoms with E-state index in [4.69, 9.17) is 21.1 Å². The number of nitrogens with one attached hydrogen (secondary N) is 1. The lowest BCUT2D eigenvalue weighted by atomic mass is 10.0. The number of likely N-dealkylation sites (tertiary alicyclic amines) is 1. The normalized spacial score (nSPS) is 15.2. The van der Waals surface area contributed by atoms with Crippen molar-refractivity contribution >= 4 is 27.5 Å². The lowest BCUT2D eigenvalue weighted by Crippen LogP contribution is -2.46. The number of benzene rings is 2. The quantitative estimate of drug-likeness (QED) is 0.749. The molecule has 1 aliphatic rings. The van der Waals surface area contributed by atoms with E-state index < -0.39 is 10.0 Å². The van der Waals surface area contributed by atoms with E-state index in [1.54, 1.807) is 42.3 Å². The highest BCUT2D eigenvalue weighted by Gasteiger charge is 2.28. The number of hydrogen-bond donors (Lipinski definition) is 1. The third-order valence-corrected chi connectivity index (χ3v) is 6.66. The van der Waals surface area contributed by atoms with Gasteiger partial charge >= 0.3 is 0 Å². The van der Waals surface area contributed by atoms with E-state index >= 15 is 0 Å². The summed E-state index contributed by atoms with van der Waals surface area (Å²) in [6.07, 6.45) is 1.05. The van der Waals surface area contributed by atoms with Gasteiger partial charge in [0.2, 0.25) is 10.0 Å². The molecular weight excluding hydrogens is 416 g/mol. The predicted octanol–water partition coefficient (Wildman–Crippen LogP) is 2.94. The summed E-state index contributed by atoms with van der Waals surface area (Å²) in [5.41, 5.74) is 0.452. The third kappa shape index (κ3) is 5.01. The van der Waals surface area contributed by atoms with Crippen molar-refractivity contribution in [1.82, 2.24) is 9.62 Å². The smallest absolute Gasteiger partial charge is 0.257 e. The first kappa shape index (κ1) is 21.4. The maximum Gasteiger partial charge on any atom is 0.257 e. The van der Waals surface area contributed by atoms with Gasteiger partial charge in [-0.1, -0.05) is 11.6 Å². The minimum atomic E-state index is -3.63. The SMILES string of the molecule is COc1ccc(C(=O)N2CCC(NS(=O)(=O)c3ccc(Cl)cc3)CC2)c(OC)c1. The Kier molecular flexibility index (Phi) is 6.66. The van der Waals surface area contributed by atoms with Crippen molar-refractivity contribution in [3.8, 4) is 11.5 Å².